The Morgan fingerprint density at radius 2 is 1.87 bits per heavy atom. The molecular formula is C24H37N5OS. The summed E-state index contributed by atoms with van der Waals surface area (Å²) in [6.07, 6.45) is 0. The highest BCUT2D eigenvalue weighted by molar-refractivity contribution is 7.07. The Balaban J connectivity index is 1.58. The molecule has 1 atom stereocenters. The number of hydrogen-bond donors (Lipinski definition) is 2. The van der Waals surface area contributed by atoms with Crippen molar-refractivity contribution >= 4 is 17.3 Å². The molecule has 2 N–H and O–H groups in total. The van der Waals surface area contributed by atoms with Gasteiger partial charge >= 0.3 is 0 Å². The van der Waals surface area contributed by atoms with E-state index in [9.17, 15) is 0 Å². The van der Waals surface area contributed by atoms with Crippen LogP contribution in [0.4, 0.5) is 0 Å². The quantitative estimate of drug-likeness (QED) is 0.436. The number of aliphatic imine (C=N–C) groups is 1. The molecule has 2 heterocycles. The molecule has 0 amide bonds. The summed E-state index contributed by atoms with van der Waals surface area (Å²) in [4.78, 5) is 9.41. The summed E-state index contributed by atoms with van der Waals surface area (Å²) in [6.45, 7) is 12.7. The van der Waals surface area contributed by atoms with Gasteiger partial charge in [0.15, 0.2) is 5.96 Å². The van der Waals surface area contributed by atoms with Crippen molar-refractivity contribution in [3.05, 3.63) is 57.8 Å². The zero-order valence-corrected chi connectivity index (χ0v) is 20.0. The molecule has 1 aromatic carbocycles. The van der Waals surface area contributed by atoms with Crippen LogP contribution in [0.15, 0.2) is 46.1 Å². The van der Waals surface area contributed by atoms with Crippen LogP contribution < -0.4 is 10.6 Å². The second-order valence-corrected chi connectivity index (χ2v) is 8.54. The van der Waals surface area contributed by atoms with Gasteiger partial charge in [-0.3, -0.25) is 14.8 Å². The molecule has 1 aliphatic rings. The minimum Gasteiger partial charge on any atom is -0.379 e. The van der Waals surface area contributed by atoms with Crippen LogP contribution in [0.1, 0.15) is 36.6 Å². The molecule has 1 fully saturated rings. The van der Waals surface area contributed by atoms with E-state index in [0.29, 0.717) is 6.04 Å². The van der Waals surface area contributed by atoms with Crippen molar-refractivity contribution in [2.24, 2.45) is 4.99 Å². The molecule has 1 unspecified atom stereocenters. The van der Waals surface area contributed by atoms with Crippen LogP contribution in [-0.2, 0) is 17.8 Å². The van der Waals surface area contributed by atoms with Gasteiger partial charge in [-0.05, 0) is 46.6 Å². The van der Waals surface area contributed by atoms with E-state index in [1.54, 1.807) is 11.3 Å². The molecular weight excluding hydrogens is 406 g/mol. The minimum atomic E-state index is 0.341. The lowest BCUT2D eigenvalue weighted by molar-refractivity contribution is 0.0341. The molecule has 7 heteroatoms. The van der Waals surface area contributed by atoms with Crippen molar-refractivity contribution in [3.63, 3.8) is 0 Å². The first-order valence-electron chi connectivity index (χ1n) is 11.3. The van der Waals surface area contributed by atoms with E-state index in [1.165, 1.54) is 16.7 Å². The van der Waals surface area contributed by atoms with Gasteiger partial charge in [-0.2, -0.15) is 11.3 Å². The SMILES string of the molecule is CCN(CC)C(CNC(=NC)NCc1ccccc1CN1CCOCC1)c1ccsc1. The lowest BCUT2D eigenvalue weighted by Crippen LogP contribution is -2.43. The van der Waals surface area contributed by atoms with E-state index in [4.69, 9.17) is 4.74 Å². The predicted molar refractivity (Wildman–Crippen MR) is 131 cm³/mol. The highest BCUT2D eigenvalue weighted by atomic mass is 32.1. The van der Waals surface area contributed by atoms with Crippen molar-refractivity contribution in [2.45, 2.75) is 33.0 Å². The van der Waals surface area contributed by atoms with E-state index in [-0.39, 0.29) is 0 Å². The molecule has 1 aromatic heterocycles. The number of ether oxygens (including phenoxy) is 1. The normalized spacial score (nSPS) is 16.5. The number of benzene rings is 1. The summed E-state index contributed by atoms with van der Waals surface area (Å²) in [5, 5.41) is 11.5. The van der Waals surface area contributed by atoms with Crippen molar-refractivity contribution in [1.29, 1.82) is 0 Å². The van der Waals surface area contributed by atoms with Gasteiger partial charge in [-0.1, -0.05) is 38.1 Å². The number of rotatable bonds is 10. The van der Waals surface area contributed by atoms with Gasteiger partial charge in [0, 0.05) is 39.8 Å². The Morgan fingerprint density at radius 1 is 1.13 bits per heavy atom. The molecule has 0 aliphatic carbocycles. The number of morpholine rings is 1. The van der Waals surface area contributed by atoms with Crippen LogP contribution in [0.5, 0.6) is 0 Å². The van der Waals surface area contributed by atoms with Crippen molar-refractivity contribution < 1.29 is 4.74 Å². The maximum absolute atomic E-state index is 5.49. The number of thiophene rings is 1. The highest BCUT2D eigenvalue weighted by Gasteiger charge is 2.19. The molecule has 31 heavy (non-hydrogen) atoms. The zero-order valence-electron chi connectivity index (χ0n) is 19.1. The third-order valence-corrected chi connectivity index (χ3v) is 6.63. The monoisotopic (exact) mass is 443 g/mol. The molecule has 0 spiro atoms. The molecule has 1 aliphatic heterocycles. The number of hydrogen-bond acceptors (Lipinski definition) is 5. The van der Waals surface area contributed by atoms with Gasteiger partial charge in [0.2, 0.25) is 0 Å². The molecule has 0 radical (unpaired) electrons. The average molecular weight is 444 g/mol. The lowest BCUT2D eigenvalue weighted by Gasteiger charge is -2.30. The maximum atomic E-state index is 5.49. The summed E-state index contributed by atoms with van der Waals surface area (Å²) in [7, 11) is 1.84. The fourth-order valence-corrected chi connectivity index (χ4v) is 4.77. The van der Waals surface area contributed by atoms with Gasteiger partial charge in [0.1, 0.15) is 0 Å². The average Bonchev–Trinajstić information content (AvgIpc) is 3.34. The smallest absolute Gasteiger partial charge is 0.191 e. The number of nitrogens with zero attached hydrogens (tertiary/aromatic N) is 3. The topological polar surface area (TPSA) is 52.1 Å². The summed E-state index contributed by atoms with van der Waals surface area (Å²) in [5.74, 6) is 0.841. The second-order valence-electron chi connectivity index (χ2n) is 7.76. The van der Waals surface area contributed by atoms with Crippen LogP contribution in [0.3, 0.4) is 0 Å². The fraction of sp³-hybridized carbons (Fsp3) is 0.542. The zero-order chi connectivity index (χ0) is 21.9. The molecule has 0 bridgehead atoms. The summed E-state index contributed by atoms with van der Waals surface area (Å²) in [6, 6.07) is 11.3. The Labute approximate surface area is 191 Å². The van der Waals surface area contributed by atoms with Gasteiger partial charge in [-0.15, -0.1) is 0 Å². The van der Waals surface area contributed by atoms with E-state index in [2.05, 4.69) is 80.4 Å². The van der Waals surface area contributed by atoms with Gasteiger partial charge in [0.25, 0.3) is 0 Å². The summed E-state index contributed by atoms with van der Waals surface area (Å²) < 4.78 is 5.49. The number of guanidine groups is 1. The largest absolute Gasteiger partial charge is 0.379 e. The van der Waals surface area contributed by atoms with Gasteiger partial charge in [0.05, 0.1) is 19.3 Å². The van der Waals surface area contributed by atoms with E-state index in [1.807, 2.05) is 7.05 Å². The highest BCUT2D eigenvalue weighted by Crippen LogP contribution is 2.22. The minimum absolute atomic E-state index is 0.341. The van der Waals surface area contributed by atoms with Crippen molar-refractivity contribution in [2.75, 3.05) is 53.0 Å². The number of likely N-dealkylation sites (N-methyl/N-ethyl adjacent to an activating group) is 1. The van der Waals surface area contributed by atoms with Crippen LogP contribution in [0.25, 0.3) is 0 Å². The Morgan fingerprint density at radius 3 is 2.52 bits per heavy atom. The van der Waals surface area contributed by atoms with Crippen molar-refractivity contribution in [1.82, 2.24) is 20.4 Å². The predicted octanol–water partition coefficient (Wildman–Crippen LogP) is 3.33. The van der Waals surface area contributed by atoms with E-state index < -0.39 is 0 Å². The Bertz CT molecular complexity index is 785. The molecule has 170 valence electrons. The molecule has 0 saturated carbocycles. The maximum Gasteiger partial charge on any atom is 0.191 e. The second kappa shape index (κ2) is 12.8. The standard InChI is InChI=1S/C24H37N5OS/c1-4-29(5-2)23(22-10-15-31-19-22)17-27-24(25-3)26-16-20-8-6-7-9-21(20)18-28-11-13-30-14-12-28/h6-10,15,19,23H,4-5,11-14,16-18H2,1-3H3,(H2,25,26,27). The van der Waals surface area contributed by atoms with Crippen LogP contribution in [0, 0.1) is 0 Å². The molecule has 2 aromatic rings. The first kappa shape index (κ1) is 23.7. The van der Waals surface area contributed by atoms with Crippen LogP contribution in [0.2, 0.25) is 0 Å². The summed E-state index contributed by atoms with van der Waals surface area (Å²) in [5.41, 5.74) is 4.05. The first-order chi connectivity index (χ1) is 15.2. The number of nitrogens with one attached hydrogen (secondary N) is 2. The van der Waals surface area contributed by atoms with Crippen LogP contribution in [-0.4, -0.2) is 68.7 Å². The molecule has 1 saturated heterocycles. The lowest BCUT2D eigenvalue weighted by atomic mass is 10.1. The van der Waals surface area contributed by atoms with Crippen LogP contribution >= 0.6 is 11.3 Å². The molecule has 6 nitrogen and oxygen atoms in total. The third-order valence-electron chi connectivity index (χ3n) is 5.93. The first-order valence-corrected chi connectivity index (χ1v) is 12.3. The third kappa shape index (κ3) is 7.04. The molecule has 3 rings (SSSR count). The van der Waals surface area contributed by atoms with E-state index >= 15 is 0 Å². The fourth-order valence-electron chi connectivity index (χ4n) is 4.06. The Kier molecular flexibility index (Phi) is 9.81. The van der Waals surface area contributed by atoms with Gasteiger partial charge < -0.3 is 15.4 Å². The van der Waals surface area contributed by atoms with E-state index in [0.717, 1.165) is 65.0 Å². The van der Waals surface area contributed by atoms with Gasteiger partial charge in [-0.25, -0.2) is 0 Å². The Hall–Kier alpha value is -1.93. The van der Waals surface area contributed by atoms with Crippen molar-refractivity contribution in [3.8, 4) is 0 Å². The summed E-state index contributed by atoms with van der Waals surface area (Å²) >= 11 is 1.76.